The van der Waals surface area contributed by atoms with Gasteiger partial charge in [0, 0.05) is 24.7 Å². The average molecular weight is 222 g/mol. The Morgan fingerprint density at radius 3 is 2.81 bits per heavy atom. The summed E-state index contributed by atoms with van der Waals surface area (Å²) in [6, 6.07) is 0. The summed E-state index contributed by atoms with van der Waals surface area (Å²) in [6.45, 7) is 3.22. The van der Waals surface area contributed by atoms with Crippen LogP contribution in [-0.2, 0) is 7.05 Å². The Bertz CT molecular complexity index is 406. The molecule has 1 amide bonds. The van der Waals surface area contributed by atoms with Crippen LogP contribution in [-0.4, -0.2) is 28.8 Å². The average Bonchev–Trinajstić information content (AvgIpc) is 2.99. The molecule has 1 aromatic heterocycles. The normalized spacial score (nSPS) is 17.2. The van der Waals surface area contributed by atoms with Crippen molar-refractivity contribution in [3.05, 3.63) is 17.5 Å². The van der Waals surface area contributed by atoms with Gasteiger partial charge in [-0.05, 0) is 26.3 Å². The highest BCUT2D eigenvalue weighted by Crippen LogP contribution is 2.43. The summed E-state index contributed by atoms with van der Waals surface area (Å²) >= 11 is 0. The van der Waals surface area contributed by atoms with E-state index in [0.717, 1.165) is 18.5 Å². The first kappa shape index (κ1) is 11.1. The zero-order chi connectivity index (χ0) is 11.8. The zero-order valence-corrected chi connectivity index (χ0v) is 9.79. The second-order valence-electron chi connectivity index (χ2n) is 4.65. The van der Waals surface area contributed by atoms with Gasteiger partial charge in [-0.1, -0.05) is 0 Å². The van der Waals surface area contributed by atoms with E-state index in [2.05, 4.69) is 10.4 Å². The first-order valence-electron chi connectivity index (χ1n) is 5.55. The number of aromatic nitrogens is 2. The maximum absolute atomic E-state index is 11.9. The van der Waals surface area contributed by atoms with Crippen LogP contribution in [0, 0.1) is 12.3 Å². The minimum Gasteiger partial charge on any atom is -0.351 e. The van der Waals surface area contributed by atoms with E-state index < -0.39 is 0 Å². The Kier molecular flexibility index (Phi) is 2.71. The number of nitrogens with two attached hydrogens (primary N) is 1. The third-order valence-electron chi connectivity index (χ3n) is 3.49. The summed E-state index contributed by atoms with van der Waals surface area (Å²) in [6.07, 6.45) is 3.85. The first-order chi connectivity index (χ1) is 7.58. The van der Waals surface area contributed by atoms with E-state index >= 15 is 0 Å². The maximum Gasteiger partial charge on any atom is 0.254 e. The molecule has 0 spiro atoms. The molecular formula is C11H18N4O. The number of nitrogens with zero attached hydrogens (tertiary/aromatic N) is 2. The van der Waals surface area contributed by atoms with Gasteiger partial charge in [0.2, 0.25) is 0 Å². The summed E-state index contributed by atoms with van der Waals surface area (Å²) in [5, 5.41) is 6.98. The Labute approximate surface area is 95.0 Å². The van der Waals surface area contributed by atoms with Crippen LogP contribution in [0.5, 0.6) is 0 Å². The van der Waals surface area contributed by atoms with Gasteiger partial charge in [0.25, 0.3) is 5.91 Å². The molecule has 0 aliphatic heterocycles. The maximum atomic E-state index is 11.9. The molecule has 1 heterocycles. The zero-order valence-electron chi connectivity index (χ0n) is 9.79. The molecule has 88 valence electrons. The predicted molar refractivity (Wildman–Crippen MR) is 61.0 cm³/mol. The Balaban J connectivity index is 1.96. The second-order valence-corrected chi connectivity index (χ2v) is 4.65. The minimum absolute atomic E-state index is 0.0506. The molecule has 16 heavy (non-hydrogen) atoms. The van der Waals surface area contributed by atoms with E-state index in [0.29, 0.717) is 18.7 Å². The molecule has 1 fully saturated rings. The number of carbonyl (C=O) groups is 1. The van der Waals surface area contributed by atoms with Gasteiger partial charge in [-0.25, -0.2) is 0 Å². The largest absolute Gasteiger partial charge is 0.351 e. The highest BCUT2D eigenvalue weighted by Gasteiger charge is 2.41. The van der Waals surface area contributed by atoms with Crippen molar-refractivity contribution in [3.8, 4) is 0 Å². The van der Waals surface area contributed by atoms with Gasteiger partial charge in [0.1, 0.15) is 0 Å². The molecule has 0 saturated heterocycles. The molecule has 2 rings (SSSR count). The van der Waals surface area contributed by atoms with Crippen LogP contribution in [0.3, 0.4) is 0 Å². The quantitative estimate of drug-likeness (QED) is 0.764. The molecule has 0 unspecified atom stereocenters. The van der Waals surface area contributed by atoms with Crippen molar-refractivity contribution in [2.45, 2.75) is 19.8 Å². The summed E-state index contributed by atoms with van der Waals surface area (Å²) in [5.74, 6) is -0.0506. The lowest BCUT2D eigenvalue weighted by atomic mass is 10.1. The molecule has 5 nitrogen and oxygen atoms in total. The van der Waals surface area contributed by atoms with Crippen LogP contribution >= 0.6 is 0 Å². The van der Waals surface area contributed by atoms with E-state index in [-0.39, 0.29) is 11.3 Å². The van der Waals surface area contributed by atoms with Crippen molar-refractivity contribution in [2.24, 2.45) is 18.2 Å². The molecule has 3 N–H and O–H groups in total. The minimum atomic E-state index is -0.0506. The molecule has 5 heteroatoms. The highest BCUT2D eigenvalue weighted by atomic mass is 16.1. The number of hydrogen-bond donors (Lipinski definition) is 2. The molecule has 0 aromatic carbocycles. The van der Waals surface area contributed by atoms with E-state index in [1.54, 1.807) is 10.9 Å². The van der Waals surface area contributed by atoms with Crippen LogP contribution in [0.2, 0.25) is 0 Å². The van der Waals surface area contributed by atoms with Gasteiger partial charge in [-0.2, -0.15) is 5.10 Å². The SMILES string of the molecule is Cc1c(C(=O)NCC2(CN)CC2)cnn1C. The fourth-order valence-electron chi connectivity index (χ4n) is 1.71. The number of carbonyl (C=O) groups excluding carboxylic acids is 1. The van der Waals surface area contributed by atoms with Crippen LogP contribution in [0.15, 0.2) is 6.20 Å². The lowest BCUT2D eigenvalue weighted by molar-refractivity contribution is 0.0944. The Morgan fingerprint density at radius 2 is 2.38 bits per heavy atom. The fraction of sp³-hybridized carbons (Fsp3) is 0.636. The monoisotopic (exact) mass is 222 g/mol. The lowest BCUT2D eigenvalue weighted by Gasteiger charge is -2.12. The van der Waals surface area contributed by atoms with E-state index in [9.17, 15) is 4.79 Å². The van der Waals surface area contributed by atoms with Gasteiger partial charge < -0.3 is 11.1 Å². The summed E-state index contributed by atoms with van der Waals surface area (Å²) in [7, 11) is 1.83. The first-order valence-corrected chi connectivity index (χ1v) is 5.55. The lowest BCUT2D eigenvalue weighted by Crippen LogP contribution is -2.34. The number of rotatable bonds is 4. The molecule has 1 aliphatic carbocycles. The molecule has 0 bridgehead atoms. The van der Waals surface area contributed by atoms with Crippen molar-refractivity contribution in [2.75, 3.05) is 13.1 Å². The van der Waals surface area contributed by atoms with Crippen LogP contribution in [0.4, 0.5) is 0 Å². The van der Waals surface area contributed by atoms with E-state index in [4.69, 9.17) is 5.73 Å². The molecule has 1 aromatic rings. The fourth-order valence-corrected chi connectivity index (χ4v) is 1.71. The van der Waals surface area contributed by atoms with Crippen molar-refractivity contribution in [1.29, 1.82) is 0 Å². The van der Waals surface area contributed by atoms with Crippen LogP contribution in [0.25, 0.3) is 0 Å². The predicted octanol–water partition coefficient (Wildman–Crippen LogP) is 0.197. The van der Waals surface area contributed by atoms with Crippen molar-refractivity contribution < 1.29 is 4.79 Å². The second kappa shape index (κ2) is 3.90. The van der Waals surface area contributed by atoms with Gasteiger partial charge in [0.15, 0.2) is 0 Å². The van der Waals surface area contributed by atoms with Crippen LogP contribution < -0.4 is 11.1 Å². The third kappa shape index (κ3) is 1.95. The Hall–Kier alpha value is -1.36. The van der Waals surface area contributed by atoms with Gasteiger partial charge in [-0.3, -0.25) is 9.48 Å². The summed E-state index contributed by atoms with van der Waals surface area (Å²) in [5.41, 5.74) is 7.37. The van der Waals surface area contributed by atoms with E-state index in [1.165, 1.54) is 0 Å². The van der Waals surface area contributed by atoms with Crippen molar-refractivity contribution >= 4 is 5.91 Å². The van der Waals surface area contributed by atoms with Gasteiger partial charge in [-0.15, -0.1) is 0 Å². The highest BCUT2D eigenvalue weighted by molar-refractivity contribution is 5.95. The standard InChI is InChI=1S/C11H18N4O/c1-8-9(5-14-15(8)2)10(16)13-7-11(6-12)3-4-11/h5H,3-4,6-7,12H2,1-2H3,(H,13,16). The van der Waals surface area contributed by atoms with Crippen molar-refractivity contribution in [3.63, 3.8) is 0 Å². The number of amides is 1. The van der Waals surface area contributed by atoms with Crippen LogP contribution in [0.1, 0.15) is 28.9 Å². The third-order valence-corrected chi connectivity index (χ3v) is 3.49. The smallest absolute Gasteiger partial charge is 0.254 e. The Morgan fingerprint density at radius 1 is 1.69 bits per heavy atom. The molecule has 0 atom stereocenters. The number of hydrogen-bond acceptors (Lipinski definition) is 3. The van der Waals surface area contributed by atoms with E-state index in [1.807, 2.05) is 14.0 Å². The molecular weight excluding hydrogens is 204 g/mol. The summed E-state index contributed by atoms with van der Waals surface area (Å²) in [4.78, 5) is 11.9. The molecule has 1 saturated carbocycles. The molecule has 1 aliphatic rings. The topological polar surface area (TPSA) is 72.9 Å². The van der Waals surface area contributed by atoms with Gasteiger partial charge in [0.05, 0.1) is 11.8 Å². The van der Waals surface area contributed by atoms with Gasteiger partial charge >= 0.3 is 0 Å². The number of nitrogens with one attached hydrogen (secondary N) is 1. The number of aryl methyl sites for hydroxylation is 1. The van der Waals surface area contributed by atoms with Crippen molar-refractivity contribution in [1.82, 2.24) is 15.1 Å². The molecule has 0 radical (unpaired) electrons. The summed E-state index contributed by atoms with van der Waals surface area (Å²) < 4.78 is 1.70.